The van der Waals surface area contributed by atoms with Gasteiger partial charge in [0.2, 0.25) is 5.88 Å². The molecule has 0 aliphatic rings. The lowest BCUT2D eigenvalue weighted by molar-refractivity contribution is 0.455. The van der Waals surface area contributed by atoms with Gasteiger partial charge in [-0.15, -0.1) is 10.2 Å². The summed E-state index contributed by atoms with van der Waals surface area (Å²) in [4.78, 5) is 0. The van der Waals surface area contributed by atoms with Crippen LogP contribution in [-0.4, -0.2) is 10.2 Å². The number of benzene rings is 2. The number of hydrogen-bond acceptors (Lipinski definition) is 3. The summed E-state index contributed by atoms with van der Waals surface area (Å²) in [6, 6.07) is 21.3. The first kappa shape index (κ1) is 12.6. The summed E-state index contributed by atoms with van der Waals surface area (Å²) in [7, 11) is 0. The summed E-state index contributed by atoms with van der Waals surface area (Å²) in [5.74, 6) is 1.13. The smallest absolute Gasteiger partial charge is 0.238 e. The Morgan fingerprint density at radius 2 is 1.40 bits per heavy atom. The first-order valence-corrected chi connectivity index (χ1v) is 6.52. The minimum atomic E-state index is 0.344. The van der Waals surface area contributed by atoms with Crippen LogP contribution in [0.2, 0.25) is 5.15 Å². The van der Waals surface area contributed by atoms with Crippen molar-refractivity contribution in [1.82, 2.24) is 10.2 Å². The van der Waals surface area contributed by atoms with Gasteiger partial charge in [0, 0.05) is 6.07 Å². The van der Waals surface area contributed by atoms with Crippen LogP contribution in [0.3, 0.4) is 0 Å². The van der Waals surface area contributed by atoms with E-state index >= 15 is 0 Å². The predicted molar refractivity (Wildman–Crippen MR) is 79.0 cm³/mol. The van der Waals surface area contributed by atoms with Crippen molar-refractivity contribution in [2.45, 2.75) is 0 Å². The van der Waals surface area contributed by atoms with Crippen LogP contribution < -0.4 is 4.74 Å². The highest BCUT2D eigenvalue weighted by Crippen LogP contribution is 2.24. The monoisotopic (exact) mass is 282 g/mol. The molecule has 0 unspecified atom stereocenters. The molecular formula is C16H11ClN2O. The largest absolute Gasteiger partial charge is 0.438 e. The Hall–Kier alpha value is -2.39. The Morgan fingerprint density at radius 1 is 0.700 bits per heavy atom. The summed E-state index contributed by atoms with van der Waals surface area (Å²) in [6.07, 6.45) is 0. The average molecular weight is 283 g/mol. The van der Waals surface area contributed by atoms with Crippen LogP contribution in [0.15, 0.2) is 66.7 Å². The molecule has 1 aromatic heterocycles. The van der Waals surface area contributed by atoms with Crippen molar-refractivity contribution >= 4 is 11.6 Å². The lowest BCUT2D eigenvalue weighted by atomic mass is 10.1. The number of ether oxygens (including phenoxy) is 1. The SMILES string of the molecule is Clc1ccc(Oc2ccc(-c3ccccc3)cc2)nn1. The van der Waals surface area contributed by atoms with Crippen molar-refractivity contribution in [1.29, 1.82) is 0 Å². The summed E-state index contributed by atoms with van der Waals surface area (Å²) in [5, 5.41) is 7.93. The van der Waals surface area contributed by atoms with E-state index in [2.05, 4.69) is 22.3 Å². The fraction of sp³-hybridized carbons (Fsp3) is 0. The highest BCUT2D eigenvalue weighted by molar-refractivity contribution is 6.29. The molecule has 0 bridgehead atoms. The van der Waals surface area contributed by atoms with Gasteiger partial charge in [0.15, 0.2) is 5.15 Å². The maximum Gasteiger partial charge on any atom is 0.238 e. The van der Waals surface area contributed by atoms with Crippen LogP contribution in [0.4, 0.5) is 0 Å². The number of halogens is 1. The molecule has 0 amide bonds. The van der Waals surface area contributed by atoms with E-state index < -0.39 is 0 Å². The number of hydrogen-bond donors (Lipinski definition) is 0. The van der Waals surface area contributed by atoms with Gasteiger partial charge in [-0.05, 0) is 29.3 Å². The molecule has 0 N–H and O–H groups in total. The van der Waals surface area contributed by atoms with Gasteiger partial charge in [-0.2, -0.15) is 0 Å². The molecule has 3 nitrogen and oxygen atoms in total. The number of rotatable bonds is 3. The third-order valence-electron chi connectivity index (χ3n) is 2.79. The van der Waals surface area contributed by atoms with Gasteiger partial charge in [0.05, 0.1) is 0 Å². The average Bonchev–Trinajstić information content (AvgIpc) is 2.51. The zero-order chi connectivity index (χ0) is 13.8. The maximum atomic E-state index is 5.67. The normalized spacial score (nSPS) is 10.2. The van der Waals surface area contributed by atoms with E-state index in [1.807, 2.05) is 42.5 Å². The predicted octanol–water partition coefficient (Wildman–Crippen LogP) is 4.59. The van der Waals surface area contributed by atoms with Crippen molar-refractivity contribution in [3.05, 3.63) is 71.9 Å². The van der Waals surface area contributed by atoms with Crippen molar-refractivity contribution in [3.63, 3.8) is 0 Å². The van der Waals surface area contributed by atoms with Gasteiger partial charge >= 0.3 is 0 Å². The molecule has 3 rings (SSSR count). The van der Waals surface area contributed by atoms with Gasteiger partial charge < -0.3 is 4.74 Å². The van der Waals surface area contributed by atoms with Crippen LogP contribution in [0.25, 0.3) is 11.1 Å². The van der Waals surface area contributed by atoms with Crippen molar-refractivity contribution in [2.24, 2.45) is 0 Å². The van der Waals surface area contributed by atoms with Gasteiger partial charge in [-0.25, -0.2) is 0 Å². The standard InChI is InChI=1S/C16H11ClN2O/c17-15-10-11-16(19-18-15)20-14-8-6-13(7-9-14)12-4-2-1-3-5-12/h1-11H. The lowest BCUT2D eigenvalue weighted by Crippen LogP contribution is -1.90. The minimum Gasteiger partial charge on any atom is -0.438 e. The molecule has 0 atom stereocenters. The maximum absolute atomic E-state index is 5.67. The molecular weight excluding hydrogens is 272 g/mol. The first-order chi connectivity index (χ1) is 9.81. The van der Waals surface area contributed by atoms with Crippen LogP contribution >= 0.6 is 11.6 Å². The summed E-state index contributed by atoms with van der Waals surface area (Å²) in [6.45, 7) is 0. The summed E-state index contributed by atoms with van der Waals surface area (Å²) >= 11 is 5.67. The first-order valence-electron chi connectivity index (χ1n) is 6.14. The van der Waals surface area contributed by atoms with Crippen LogP contribution in [-0.2, 0) is 0 Å². The Kier molecular flexibility index (Phi) is 3.61. The van der Waals surface area contributed by atoms with Gasteiger partial charge in [0.1, 0.15) is 5.75 Å². The van der Waals surface area contributed by atoms with E-state index in [0.717, 1.165) is 5.56 Å². The molecule has 20 heavy (non-hydrogen) atoms. The molecule has 0 aliphatic carbocycles. The Balaban J connectivity index is 1.78. The molecule has 0 fully saturated rings. The zero-order valence-corrected chi connectivity index (χ0v) is 11.3. The Labute approximate surface area is 121 Å². The van der Waals surface area contributed by atoms with Gasteiger partial charge in [-0.3, -0.25) is 0 Å². The molecule has 2 aromatic carbocycles. The zero-order valence-electron chi connectivity index (χ0n) is 10.5. The van der Waals surface area contributed by atoms with Crippen LogP contribution in [0, 0.1) is 0 Å². The fourth-order valence-electron chi connectivity index (χ4n) is 1.82. The fourth-order valence-corrected chi connectivity index (χ4v) is 1.93. The highest BCUT2D eigenvalue weighted by Gasteiger charge is 2.01. The molecule has 0 aliphatic heterocycles. The van der Waals surface area contributed by atoms with E-state index in [4.69, 9.17) is 16.3 Å². The van der Waals surface area contributed by atoms with E-state index in [9.17, 15) is 0 Å². The Bertz CT molecular complexity index is 682. The number of nitrogens with zero attached hydrogens (tertiary/aromatic N) is 2. The molecule has 0 saturated carbocycles. The van der Waals surface area contributed by atoms with E-state index in [1.54, 1.807) is 12.1 Å². The minimum absolute atomic E-state index is 0.344. The van der Waals surface area contributed by atoms with Crippen molar-refractivity contribution in [2.75, 3.05) is 0 Å². The second kappa shape index (κ2) is 5.72. The van der Waals surface area contributed by atoms with Crippen LogP contribution in [0.5, 0.6) is 11.6 Å². The third-order valence-corrected chi connectivity index (χ3v) is 2.99. The van der Waals surface area contributed by atoms with Gasteiger partial charge in [0.25, 0.3) is 0 Å². The number of aromatic nitrogens is 2. The molecule has 4 heteroatoms. The van der Waals surface area contributed by atoms with Crippen molar-refractivity contribution < 1.29 is 4.74 Å². The topological polar surface area (TPSA) is 35.0 Å². The quantitative estimate of drug-likeness (QED) is 0.705. The molecule has 1 heterocycles. The third kappa shape index (κ3) is 2.95. The molecule has 0 saturated heterocycles. The second-order valence-electron chi connectivity index (χ2n) is 4.19. The van der Waals surface area contributed by atoms with Crippen molar-refractivity contribution in [3.8, 4) is 22.8 Å². The molecule has 0 spiro atoms. The highest BCUT2D eigenvalue weighted by atomic mass is 35.5. The van der Waals surface area contributed by atoms with E-state index in [1.165, 1.54) is 5.56 Å². The van der Waals surface area contributed by atoms with E-state index in [0.29, 0.717) is 16.8 Å². The van der Waals surface area contributed by atoms with Gasteiger partial charge in [-0.1, -0.05) is 54.1 Å². The lowest BCUT2D eigenvalue weighted by Gasteiger charge is -2.05. The summed E-state index contributed by atoms with van der Waals surface area (Å²) in [5.41, 5.74) is 2.31. The van der Waals surface area contributed by atoms with Crippen LogP contribution in [0.1, 0.15) is 0 Å². The molecule has 3 aromatic rings. The Morgan fingerprint density at radius 3 is 2.05 bits per heavy atom. The van der Waals surface area contributed by atoms with E-state index in [-0.39, 0.29) is 0 Å². The molecule has 98 valence electrons. The molecule has 0 radical (unpaired) electrons. The second-order valence-corrected chi connectivity index (χ2v) is 4.57. The summed E-state index contributed by atoms with van der Waals surface area (Å²) < 4.78 is 5.59.